The number of piperazine rings is 1. The number of carbonyl (C=O) groups is 1. The van der Waals surface area contributed by atoms with Crippen molar-refractivity contribution in [2.45, 2.75) is 70.0 Å². The minimum Gasteiger partial charge on any atom is -0.348 e. The molecule has 8 heteroatoms. The van der Waals surface area contributed by atoms with E-state index in [0.717, 1.165) is 63.2 Å². The highest BCUT2D eigenvalue weighted by molar-refractivity contribution is 6.30. The van der Waals surface area contributed by atoms with E-state index in [1.54, 1.807) is 0 Å². The van der Waals surface area contributed by atoms with Crippen LogP contribution in [0.25, 0.3) is 0 Å². The zero-order valence-electron chi connectivity index (χ0n) is 22.5. The van der Waals surface area contributed by atoms with Crippen LogP contribution >= 0.6 is 11.6 Å². The van der Waals surface area contributed by atoms with Gasteiger partial charge in [-0.05, 0) is 44.4 Å². The topological polar surface area (TPSA) is 67.5 Å². The lowest BCUT2D eigenvalue weighted by Gasteiger charge is -2.50. The zero-order valence-corrected chi connectivity index (χ0v) is 23.2. The Labute approximate surface area is 226 Å². The van der Waals surface area contributed by atoms with Crippen LogP contribution in [-0.4, -0.2) is 88.0 Å². The van der Waals surface area contributed by atoms with Crippen LogP contribution in [0.3, 0.4) is 0 Å². The Morgan fingerprint density at radius 2 is 1.84 bits per heavy atom. The fraction of sp³-hybridized carbons (Fsp3) is 0.655. The van der Waals surface area contributed by atoms with Crippen LogP contribution in [0, 0.1) is 5.92 Å². The number of hydrogen-bond donors (Lipinski definition) is 2. The Hall–Kier alpha value is -1.93. The Morgan fingerprint density at radius 1 is 1.11 bits per heavy atom. The van der Waals surface area contributed by atoms with Crippen LogP contribution < -0.4 is 5.32 Å². The molecular weight excluding hydrogens is 484 g/mol. The third-order valence-electron chi connectivity index (χ3n) is 9.04. The normalized spacial score (nSPS) is 25.1. The van der Waals surface area contributed by atoms with Gasteiger partial charge >= 0.3 is 0 Å². The number of aromatic amines is 1. The maximum Gasteiger partial charge on any atom is 0.227 e. The first kappa shape index (κ1) is 26.7. The minimum atomic E-state index is 0.00808. The molecule has 1 aromatic carbocycles. The van der Waals surface area contributed by atoms with E-state index in [-0.39, 0.29) is 17.4 Å². The zero-order chi connectivity index (χ0) is 25.8. The molecule has 5 rings (SSSR count). The molecule has 1 amide bonds. The molecule has 2 aromatic rings. The third-order valence-corrected chi connectivity index (χ3v) is 9.29. The Bertz CT molecular complexity index is 996. The lowest BCUT2D eigenvalue weighted by Crippen LogP contribution is -2.62. The number of amides is 1. The summed E-state index contributed by atoms with van der Waals surface area (Å²) in [7, 11) is 0. The SMILES string of the molecule is CC(C)N1C[C@H](C(=O)N2CCN(C3(CNCc4ncc[nH]4)CCCCC3)CC2)[C@@H](c2ccc(Cl)cc2)C1. The predicted molar refractivity (Wildman–Crippen MR) is 149 cm³/mol. The molecule has 3 aliphatic rings. The molecule has 0 spiro atoms. The smallest absolute Gasteiger partial charge is 0.227 e. The van der Waals surface area contributed by atoms with Crippen molar-refractivity contribution in [3.8, 4) is 0 Å². The standard InChI is InChI=1S/C29H43ClN6O/c1-22(2)35-19-25(23-6-8-24(30)9-7-23)26(20-35)28(37)34-14-16-36(17-15-34)29(10-4-3-5-11-29)21-31-18-27-32-12-13-33-27/h6-9,12-13,22,25-26,31H,3-5,10-11,14-21H2,1-2H3,(H,32,33)/t25-,26+/m1/s1. The van der Waals surface area contributed by atoms with Gasteiger partial charge in [-0.15, -0.1) is 0 Å². The van der Waals surface area contributed by atoms with Gasteiger partial charge in [0.15, 0.2) is 0 Å². The number of rotatable bonds is 8. The van der Waals surface area contributed by atoms with Gasteiger partial charge in [-0.25, -0.2) is 4.98 Å². The number of benzene rings is 1. The summed E-state index contributed by atoms with van der Waals surface area (Å²) in [5.74, 6) is 1.55. The van der Waals surface area contributed by atoms with Crippen LogP contribution in [0.2, 0.25) is 5.02 Å². The quantitative estimate of drug-likeness (QED) is 0.541. The Balaban J connectivity index is 1.23. The number of hydrogen-bond acceptors (Lipinski definition) is 5. The summed E-state index contributed by atoms with van der Waals surface area (Å²) in [6, 6.07) is 8.57. The molecule has 0 bridgehead atoms. The summed E-state index contributed by atoms with van der Waals surface area (Å²) in [5, 5.41) is 4.43. The highest BCUT2D eigenvalue weighted by Crippen LogP contribution is 2.37. The number of imidazole rings is 1. The first-order chi connectivity index (χ1) is 17.9. The number of carbonyl (C=O) groups excluding carboxylic acids is 1. The number of aromatic nitrogens is 2. The number of H-pyrrole nitrogens is 1. The summed E-state index contributed by atoms with van der Waals surface area (Å²) in [4.78, 5) is 28.8. The molecule has 3 heterocycles. The van der Waals surface area contributed by atoms with Gasteiger partial charge in [0.25, 0.3) is 0 Å². The van der Waals surface area contributed by atoms with Gasteiger partial charge in [-0.2, -0.15) is 0 Å². The second-order valence-electron chi connectivity index (χ2n) is 11.5. The molecule has 202 valence electrons. The van der Waals surface area contributed by atoms with E-state index in [1.165, 1.54) is 37.7 Å². The minimum absolute atomic E-state index is 0.00808. The molecule has 0 unspecified atom stereocenters. The molecule has 1 saturated carbocycles. The monoisotopic (exact) mass is 526 g/mol. The van der Waals surface area contributed by atoms with E-state index in [4.69, 9.17) is 11.6 Å². The average Bonchev–Trinajstić information content (AvgIpc) is 3.60. The maximum atomic E-state index is 13.9. The number of nitrogens with zero attached hydrogens (tertiary/aromatic N) is 4. The van der Waals surface area contributed by atoms with E-state index in [1.807, 2.05) is 24.5 Å². The lowest BCUT2D eigenvalue weighted by atomic mass is 9.79. The summed E-state index contributed by atoms with van der Waals surface area (Å²) in [6.45, 7) is 11.5. The highest BCUT2D eigenvalue weighted by atomic mass is 35.5. The second kappa shape index (κ2) is 11.9. The Morgan fingerprint density at radius 3 is 2.49 bits per heavy atom. The van der Waals surface area contributed by atoms with Crippen molar-refractivity contribution in [3.05, 3.63) is 53.1 Å². The summed E-state index contributed by atoms with van der Waals surface area (Å²) in [6.07, 6.45) is 10.1. The predicted octanol–water partition coefficient (Wildman–Crippen LogP) is 4.12. The molecule has 0 radical (unpaired) electrons. The van der Waals surface area contributed by atoms with Gasteiger partial charge < -0.3 is 15.2 Å². The van der Waals surface area contributed by atoms with Crippen molar-refractivity contribution in [3.63, 3.8) is 0 Å². The second-order valence-corrected chi connectivity index (χ2v) is 12.0. The fourth-order valence-corrected chi connectivity index (χ4v) is 6.94. The van der Waals surface area contributed by atoms with Gasteiger partial charge in [0, 0.05) is 80.7 Å². The molecule has 3 fully saturated rings. The molecule has 2 aliphatic heterocycles. The molecular formula is C29H43ClN6O. The highest BCUT2D eigenvalue weighted by Gasteiger charge is 2.43. The van der Waals surface area contributed by atoms with Crippen LogP contribution in [-0.2, 0) is 11.3 Å². The van der Waals surface area contributed by atoms with Gasteiger partial charge in [-0.1, -0.05) is 43.0 Å². The van der Waals surface area contributed by atoms with Gasteiger partial charge in [0.1, 0.15) is 5.82 Å². The van der Waals surface area contributed by atoms with Crippen LogP contribution in [0.4, 0.5) is 0 Å². The number of nitrogens with one attached hydrogen (secondary N) is 2. The maximum absolute atomic E-state index is 13.9. The molecule has 1 aromatic heterocycles. The Kier molecular flexibility index (Phi) is 8.54. The first-order valence-electron chi connectivity index (χ1n) is 14.2. The summed E-state index contributed by atoms with van der Waals surface area (Å²) < 4.78 is 0. The fourth-order valence-electron chi connectivity index (χ4n) is 6.81. The van der Waals surface area contributed by atoms with E-state index < -0.39 is 0 Å². The van der Waals surface area contributed by atoms with Crippen molar-refractivity contribution >= 4 is 17.5 Å². The molecule has 2 saturated heterocycles. The van der Waals surface area contributed by atoms with E-state index >= 15 is 0 Å². The molecule has 2 atom stereocenters. The van der Waals surface area contributed by atoms with Crippen molar-refractivity contribution in [1.29, 1.82) is 0 Å². The van der Waals surface area contributed by atoms with Crippen LogP contribution in [0.15, 0.2) is 36.7 Å². The van der Waals surface area contributed by atoms with Gasteiger partial charge in [-0.3, -0.25) is 14.6 Å². The molecule has 1 aliphatic carbocycles. The van der Waals surface area contributed by atoms with Crippen LogP contribution in [0.5, 0.6) is 0 Å². The van der Waals surface area contributed by atoms with E-state index in [0.29, 0.717) is 11.9 Å². The summed E-state index contributed by atoms with van der Waals surface area (Å²) >= 11 is 6.17. The van der Waals surface area contributed by atoms with E-state index in [9.17, 15) is 4.79 Å². The van der Waals surface area contributed by atoms with Gasteiger partial charge in [0.05, 0.1) is 12.5 Å². The van der Waals surface area contributed by atoms with Crippen molar-refractivity contribution in [1.82, 2.24) is 30.0 Å². The molecule has 37 heavy (non-hydrogen) atoms. The number of likely N-dealkylation sites (tertiary alicyclic amines) is 1. The van der Waals surface area contributed by atoms with Crippen LogP contribution in [0.1, 0.15) is 63.3 Å². The summed E-state index contributed by atoms with van der Waals surface area (Å²) in [5.41, 5.74) is 1.42. The lowest BCUT2D eigenvalue weighted by molar-refractivity contribution is -0.138. The van der Waals surface area contributed by atoms with Crippen molar-refractivity contribution < 1.29 is 4.79 Å². The number of halogens is 1. The third kappa shape index (κ3) is 6.06. The molecule has 7 nitrogen and oxygen atoms in total. The first-order valence-corrected chi connectivity index (χ1v) is 14.6. The van der Waals surface area contributed by atoms with Gasteiger partial charge in [0.2, 0.25) is 5.91 Å². The largest absolute Gasteiger partial charge is 0.348 e. The van der Waals surface area contributed by atoms with E-state index in [2.05, 4.69) is 56.0 Å². The van der Waals surface area contributed by atoms with Crippen molar-refractivity contribution in [2.24, 2.45) is 5.92 Å². The van der Waals surface area contributed by atoms with Crippen molar-refractivity contribution in [2.75, 3.05) is 45.8 Å². The average molecular weight is 527 g/mol. The molecule has 2 N–H and O–H groups in total.